The van der Waals surface area contributed by atoms with Crippen molar-refractivity contribution in [3.8, 4) is 0 Å². The Balaban J connectivity index is 2.37. The van der Waals surface area contributed by atoms with E-state index in [1.165, 1.54) is 6.07 Å². The summed E-state index contributed by atoms with van der Waals surface area (Å²) in [5.74, 6) is -0.202. The zero-order valence-corrected chi connectivity index (χ0v) is 9.62. The first kappa shape index (κ1) is 11.6. The SMILES string of the molecule is CN1CCCC(CO)(c2ccccc2F)C1. The van der Waals surface area contributed by atoms with E-state index in [1.54, 1.807) is 12.1 Å². The molecule has 1 saturated heterocycles. The molecular formula is C13H18FNO. The van der Waals surface area contributed by atoms with Crippen molar-refractivity contribution >= 4 is 0 Å². The molecule has 1 atom stereocenters. The third-order valence-corrected chi connectivity index (χ3v) is 3.52. The van der Waals surface area contributed by atoms with Gasteiger partial charge in [0.2, 0.25) is 0 Å². The topological polar surface area (TPSA) is 23.5 Å². The number of likely N-dealkylation sites (tertiary alicyclic amines) is 1. The van der Waals surface area contributed by atoms with E-state index in [2.05, 4.69) is 4.90 Å². The summed E-state index contributed by atoms with van der Waals surface area (Å²) < 4.78 is 13.8. The van der Waals surface area contributed by atoms with E-state index >= 15 is 0 Å². The standard InChI is InChI=1S/C13H18FNO/c1-15-8-4-7-13(9-15,10-16)11-5-2-3-6-12(11)14/h2-3,5-6,16H,4,7-10H2,1H3. The van der Waals surface area contributed by atoms with E-state index in [1.807, 2.05) is 13.1 Å². The Morgan fingerprint density at radius 2 is 2.19 bits per heavy atom. The van der Waals surface area contributed by atoms with Gasteiger partial charge in [0, 0.05) is 12.0 Å². The van der Waals surface area contributed by atoms with Gasteiger partial charge >= 0.3 is 0 Å². The van der Waals surface area contributed by atoms with Crippen LogP contribution in [0.4, 0.5) is 4.39 Å². The molecule has 0 radical (unpaired) electrons. The van der Waals surface area contributed by atoms with Crippen molar-refractivity contribution in [2.75, 3.05) is 26.7 Å². The molecule has 1 heterocycles. The van der Waals surface area contributed by atoms with Gasteiger partial charge in [-0.15, -0.1) is 0 Å². The van der Waals surface area contributed by atoms with Crippen LogP contribution in [-0.4, -0.2) is 36.8 Å². The minimum Gasteiger partial charge on any atom is -0.395 e. The zero-order valence-electron chi connectivity index (χ0n) is 9.62. The molecule has 1 fully saturated rings. The summed E-state index contributed by atoms with van der Waals surface area (Å²) in [7, 11) is 2.02. The number of aliphatic hydroxyl groups excluding tert-OH is 1. The zero-order chi connectivity index (χ0) is 11.6. The van der Waals surface area contributed by atoms with Gasteiger partial charge in [-0.1, -0.05) is 18.2 Å². The second-order valence-corrected chi connectivity index (χ2v) is 4.76. The highest BCUT2D eigenvalue weighted by molar-refractivity contribution is 5.28. The highest BCUT2D eigenvalue weighted by Crippen LogP contribution is 2.34. The molecule has 0 saturated carbocycles. The fourth-order valence-corrected chi connectivity index (χ4v) is 2.69. The van der Waals surface area contributed by atoms with Crippen LogP contribution in [0.25, 0.3) is 0 Å². The van der Waals surface area contributed by atoms with E-state index in [0.29, 0.717) is 5.56 Å². The van der Waals surface area contributed by atoms with Gasteiger partial charge in [-0.25, -0.2) is 4.39 Å². The molecule has 16 heavy (non-hydrogen) atoms. The van der Waals surface area contributed by atoms with Crippen molar-refractivity contribution < 1.29 is 9.50 Å². The predicted molar refractivity (Wildman–Crippen MR) is 61.9 cm³/mol. The van der Waals surface area contributed by atoms with E-state index < -0.39 is 5.41 Å². The summed E-state index contributed by atoms with van der Waals surface area (Å²) in [5, 5.41) is 9.64. The molecule has 0 spiro atoms. The lowest BCUT2D eigenvalue weighted by atomic mass is 9.74. The number of nitrogens with zero attached hydrogens (tertiary/aromatic N) is 1. The molecule has 1 unspecified atom stereocenters. The summed E-state index contributed by atoms with van der Waals surface area (Å²) >= 11 is 0. The highest BCUT2D eigenvalue weighted by Gasteiger charge is 2.37. The lowest BCUT2D eigenvalue weighted by molar-refractivity contribution is 0.102. The van der Waals surface area contributed by atoms with E-state index in [0.717, 1.165) is 25.9 Å². The molecule has 1 N–H and O–H groups in total. The number of halogens is 1. The molecule has 1 aromatic carbocycles. The van der Waals surface area contributed by atoms with Crippen LogP contribution in [0.1, 0.15) is 18.4 Å². The lowest BCUT2D eigenvalue weighted by Crippen LogP contribution is -2.47. The van der Waals surface area contributed by atoms with Gasteiger partial charge in [-0.3, -0.25) is 0 Å². The molecule has 2 nitrogen and oxygen atoms in total. The van der Waals surface area contributed by atoms with Crippen LogP contribution in [0.2, 0.25) is 0 Å². The van der Waals surface area contributed by atoms with E-state index in [4.69, 9.17) is 0 Å². The molecule has 1 aliphatic rings. The van der Waals surface area contributed by atoms with Gasteiger partial charge in [-0.2, -0.15) is 0 Å². The minimum atomic E-state index is -0.418. The molecule has 0 bridgehead atoms. The van der Waals surface area contributed by atoms with Crippen molar-refractivity contribution in [1.82, 2.24) is 4.90 Å². The average Bonchev–Trinajstić information content (AvgIpc) is 2.29. The molecular weight excluding hydrogens is 205 g/mol. The maximum atomic E-state index is 13.8. The van der Waals surface area contributed by atoms with Crippen LogP contribution in [0.3, 0.4) is 0 Å². The van der Waals surface area contributed by atoms with Gasteiger partial charge in [0.05, 0.1) is 6.61 Å². The van der Waals surface area contributed by atoms with E-state index in [9.17, 15) is 9.50 Å². The molecule has 1 aromatic rings. The highest BCUT2D eigenvalue weighted by atomic mass is 19.1. The summed E-state index contributed by atoms with van der Waals surface area (Å²) in [4.78, 5) is 2.16. The van der Waals surface area contributed by atoms with E-state index in [-0.39, 0.29) is 12.4 Å². The Morgan fingerprint density at radius 1 is 1.44 bits per heavy atom. The third kappa shape index (κ3) is 1.97. The van der Waals surface area contributed by atoms with Gasteiger partial charge in [0.25, 0.3) is 0 Å². The normalized spacial score (nSPS) is 26.9. The monoisotopic (exact) mass is 223 g/mol. The Morgan fingerprint density at radius 3 is 2.81 bits per heavy atom. The number of hydrogen-bond acceptors (Lipinski definition) is 2. The Bertz CT molecular complexity index is 369. The van der Waals surface area contributed by atoms with Crippen molar-refractivity contribution in [2.45, 2.75) is 18.3 Å². The molecule has 0 aliphatic carbocycles. The molecule has 1 aliphatic heterocycles. The first-order chi connectivity index (χ1) is 7.68. The maximum absolute atomic E-state index is 13.8. The van der Waals surface area contributed by atoms with Gasteiger partial charge in [0.1, 0.15) is 5.82 Å². The number of hydrogen-bond donors (Lipinski definition) is 1. The van der Waals surface area contributed by atoms with Crippen LogP contribution in [0, 0.1) is 5.82 Å². The lowest BCUT2D eigenvalue weighted by Gasteiger charge is -2.40. The predicted octanol–water partition coefficient (Wildman–Crippen LogP) is 1.78. The maximum Gasteiger partial charge on any atom is 0.127 e. The van der Waals surface area contributed by atoms with Crippen LogP contribution >= 0.6 is 0 Å². The number of likely N-dealkylation sites (N-methyl/N-ethyl adjacent to an activating group) is 1. The van der Waals surface area contributed by atoms with Crippen LogP contribution in [-0.2, 0) is 5.41 Å². The first-order valence-electron chi connectivity index (χ1n) is 5.72. The molecule has 88 valence electrons. The molecule has 2 rings (SSSR count). The van der Waals surface area contributed by atoms with Crippen LogP contribution in [0.5, 0.6) is 0 Å². The summed E-state index contributed by atoms with van der Waals surface area (Å²) in [6.07, 6.45) is 1.86. The Kier molecular flexibility index (Phi) is 3.26. The van der Waals surface area contributed by atoms with Gasteiger partial charge < -0.3 is 10.0 Å². The smallest absolute Gasteiger partial charge is 0.127 e. The van der Waals surface area contributed by atoms with Crippen LogP contribution < -0.4 is 0 Å². The molecule has 0 amide bonds. The van der Waals surface area contributed by atoms with Crippen molar-refractivity contribution in [2.24, 2.45) is 0 Å². The molecule has 3 heteroatoms. The van der Waals surface area contributed by atoms with Crippen molar-refractivity contribution in [1.29, 1.82) is 0 Å². The third-order valence-electron chi connectivity index (χ3n) is 3.52. The fraction of sp³-hybridized carbons (Fsp3) is 0.538. The summed E-state index contributed by atoms with van der Waals surface area (Å²) in [6, 6.07) is 6.80. The Labute approximate surface area is 95.7 Å². The van der Waals surface area contributed by atoms with Crippen LogP contribution in [0.15, 0.2) is 24.3 Å². The number of piperidine rings is 1. The average molecular weight is 223 g/mol. The fourth-order valence-electron chi connectivity index (χ4n) is 2.69. The first-order valence-corrected chi connectivity index (χ1v) is 5.72. The summed E-state index contributed by atoms with van der Waals surface area (Å²) in [6.45, 7) is 1.76. The van der Waals surface area contributed by atoms with Crippen molar-refractivity contribution in [3.05, 3.63) is 35.6 Å². The quantitative estimate of drug-likeness (QED) is 0.826. The second-order valence-electron chi connectivity index (χ2n) is 4.76. The summed E-state index contributed by atoms with van der Waals surface area (Å²) in [5.41, 5.74) is 0.238. The number of aliphatic hydroxyl groups is 1. The van der Waals surface area contributed by atoms with Gasteiger partial charge in [-0.05, 0) is 38.1 Å². The second kappa shape index (κ2) is 4.52. The number of rotatable bonds is 2. The van der Waals surface area contributed by atoms with Crippen molar-refractivity contribution in [3.63, 3.8) is 0 Å². The number of benzene rings is 1. The molecule has 0 aromatic heterocycles. The Hall–Kier alpha value is -0.930. The van der Waals surface area contributed by atoms with Gasteiger partial charge in [0.15, 0.2) is 0 Å². The largest absolute Gasteiger partial charge is 0.395 e. The minimum absolute atomic E-state index is 0.0122.